The van der Waals surface area contributed by atoms with E-state index in [1.54, 1.807) is 24.3 Å². The summed E-state index contributed by atoms with van der Waals surface area (Å²) in [6, 6.07) is 10.0. The van der Waals surface area contributed by atoms with Crippen LogP contribution in [0.15, 0.2) is 36.4 Å². The van der Waals surface area contributed by atoms with Crippen LogP contribution in [-0.2, 0) is 22.4 Å². The molecule has 0 atom stereocenters. The Labute approximate surface area is 272 Å². The Morgan fingerprint density at radius 2 is 0.822 bits per heavy atom. The van der Waals surface area contributed by atoms with Gasteiger partial charge < -0.3 is 19.7 Å². The van der Waals surface area contributed by atoms with Crippen molar-refractivity contribution in [3.8, 4) is 23.0 Å². The normalized spacial score (nSPS) is 11.1. The molecular weight excluding hydrogens is 564 g/mol. The van der Waals surface area contributed by atoms with Crippen LogP contribution in [-0.4, -0.2) is 22.2 Å². The lowest BCUT2D eigenvalue weighted by Gasteiger charge is -2.10. The average molecular weight is 625 g/mol. The number of unbranched alkanes of at least 4 members (excludes halogenated alkanes) is 16. The Morgan fingerprint density at radius 3 is 1.16 bits per heavy atom. The van der Waals surface area contributed by atoms with Gasteiger partial charge in [-0.15, -0.1) is 0 Å². The van der Waals surface area contributed by atoms with Gasteiger partial charge in [0.1, 0.15) is 23.0 Å². The van der Waals surface area contributed by atoms with Crippen LogP contribution in [0.25, 0.3) is 0 Å². The van der Waals surface area contributed by atoms with Gasteiger partial charge in [-0.3, -0.25) is 9.59 Å². The number of carbonyl (C=O) groups is 2. The van der Waals surface area contributed by atoms with Gasteiger partial charge in [0.15, 0.2) is 0 Å². The third-order valence-electron chi connectivity index (χ3n) is 8.44. The van der Waals surface area contributed by atoms with Crippen molar-refractivity contribution in [1.29, 1.82) is 0 Å². The number of hydrogen-bond acceptors (Lipinski definition) is 6. The van der Waals surface area contributed by atoms with E-state index in [9.17, 15) is 19.8 Å². The van der Waals surface area contributed by atoms with Gasteiger partial charge in [-0.05, 0) is 55.4 Å². The molecule has 0 saturated heterocycles. The standard InChI is InChI=1S/C39H60O6/c1-3-5-7-9-11-13-15-17-19-24-38(42)44-34-28-26-32(36(40)30-34)22-21-23-33-27-29-35(31-37(33)41)45-39(43)25-20-18-16-14-12-10-8-6-4-2/h26-31,40-41H,3-25H2,1-2H3. The summed E-state index contributed by atoms with van der Waals surface area (Å²) in [7, 11) is 0. The molecule has 0 heterocycles. The number of hydrogen-bond donors (Lipinski definition) is 2. The molecule has 2 aromatic rings. The number of phenols is 2. The molecule has 0 bridgehead atoms. The molecule has 2 aromatic carbocycles. The molecule has 0 aromatic heterocycles. The van der Waals surface area contributed by atoms with E-state index >= 15 is 0 Å². The highest BCUT2D eigenvalue weighted by atomic mass is 16.5. The highest BCUT2D eigenvalue weighted by Gasteiger charge is 2.11. The number of rotatable bonds is 26. The van der Waals surface area contributed by atoms with Crippen molar-refractivity contribution >= 4 is 11.9 Å². The van der Waals surface area contributed by atoms with Crippen LogP contribution in [0.3, 0.4) is 0 Å². The molecule has 6 heteroatoms. The highest BCUT2D eigenvalue weighted by molar-refractivity contribution is 5.73. The summed E-state index contributed by atoms with van der Waals surface area (Å²) in [5.74, 6) is 0.385. The molecule has 2 rings (SSSR count). The van der Waals surface area contributed by atoms with Crippen LogP contribution in [0.1, 0.15) is 160 Å². The number of ether oxygens (including phenoxy) is 2. The fourth-order valence-corrected chi connectivity index (χ4v) is 5.63. The molecule has 0 unspecified atom stereocenters. The number of aromatic hydroxyl groups is 2. The summed E-state index contributed by atoms with van der Waals surface area (Å²) in [6.45, 7) is 4.46. The molecule has 0 aliphatic heterocycles. The van der Waals surface area contributed by atoms with Crippen LogP contribution in [0.2, 0.25) is 0 Å². The Balaban J connectivity index is 1.62. The van der Waals surface area contributed by atoms with Gasteiger partial charge in [0.2, 0.25) is 0 Å². The highest BCUT2D eigenvalue weighted by Crippen LogP contribution is 2.28. The van der Waals surface area contributed by atoms with Gasteiger partial charge in [-0.25, -0.2) is 0 Å². The first-order valence-corrected chi connectivity index (χ1v) is 18.0. The lowest BCUT2D eigenvalue weighted by molar-refractivity contribution is -0.135. The zero-order valence-electron chi connectivity index (χ0n) is 28.3. The quantitative estimate of drug-likeness (QED) is 0.0614. The molecule has 0 saturated carbocycles. The van der Waals surface area contributed by atoms with E-state index in [4.69, 9.17) is 9.47 Å². The van der Waals surface area contributed by atoms with E-state index in [0.29, 0.717) is 43.6 Å². The molecule has 0 aliphatic carbocycles. The third-order valence-corrected chi connectivity index (χ3v) is 8.44. The van der Waals surface area contributed by atoms with E-state index in [2.05, 4.69) is 13.8 Å². The SMILES string of the molecule is CCCCCCCCCCCC(=O)Oc1ccc(CCCc2ccc(OC(=O)CCCCCCCCCCC)cc2O)c(O)c1. The molecule has 0 spiro atoms. The van der Waals surface area contributed by atoms with Gasteiger partial charge in [0.25, 0.3) is 0 Å². The van der Waals surface area contributed by atoms with E-state index in [-0.39, 0.29) is 23.4 Å². The fourth-order valence-electron chi connectivity index (χ4n) is 5.63. The van der Waals surface area contributed by atoms with Crippen molar-refractivity contribution in [2.45, 2.75) is 162 Å². The number of aryl methyl sites for hydroxylation is 2. The van der Waals surface area contributed by atoms with Gasteiger partial charge in [-0.1, -0.05) is 129 Å². The van der Waals surface area contributed by atoms with Gasteiger partial charge in [0, 0.05) is 25.0 Å². The number of phenolic OH excluding ortho intramolecular Hbond substituents is 2. The maximum Gasteiger partial charge on any atom is 0.311 e. The summed E-state index contributed by atoms with van der Waals surface area (Å²) >= 11 is 0. The Kier molecular flexibility index (Phi) is 20.6. The largest absolute Gasteiger partial charge is 0.508 e. The van der Waals surface area contributed by atoms with Crippen molar-refractivity contribution in [2.75, 3.05) is 0 Å². The van der Waals surface area contributed by atoms with Crippen LogP contribution in [0, 0.1) is 0 Å². The van der Waals surface area contributed by atoms with Crippen LogP contribution in [0.5, 0.6) is 23.0 Å². The summed E-state index contributed by atoms with van der Waals surface area (Å²) < 4.78 is 10.9. The average Bonchev–Trinajstić information content (AvgIpc) is 3.01. The van der Waals surface area contributed by atoms with E-state index in [0.717, 1.165) is 49.7 Å². The zero-order chi connectivity index (χ0) is 32.5. The molecule has 0 amide bonds. The molecule has 6 nitrogen and oxygen atoms in total. The second-order valence-corrected chi connectivity index (χ2v) is 12.5. The van der Waals surface area contributed by atoms with Crippen LogP contribution < -0.4 is 9.47 Å². The van der Waals surface area contributed by atoms with E-state index in [1.807, 2.05) is 0 Å². The molecule has 0 fully saturated rings. The predicted octanol–water partition coefficient (Wildman–Crippen LogP) is 10.9. The van der Waals surface area contributed by atoms with E-state index < -0.39 is 0 Å². The van der Waals surface area contributed by atoms with Gasteiger partial charge >= 0.3 is 11.9 Å². The smallest absolute Gasteiger partial charge is 0.311 e. The monoisotopic (exact) mass is 624 g/mol. The lowest BCUT2D eigenvalue weighted by Crippen LogP contribution is -2.07. The molecule has 2 N–H and O–H groups in total. The molecule has 252 valence electrons. The molecule has 45 heavy (non-hydrogen) atoms. The van der Waals surface area contributed by atoms with Crippen LogP contribution >= 0.6 is 0 Å². The maximum atomic E-state index is 12.2. The van der Waals surface area contributed by atoms with Crippen molar-refractivity contribution in [3.05, 3.63) is 47.5 Å². The van der Waals surface area contributed by atoms with Gasteiger partial charge in [-0.2, -0.15) is 0 Å². The Bertz CT molecular complexity index is 1010. The van der Waals surface area contributed by atoms with Crippen molar-refractivity contribution in [2.24, 2.45) is 0 Å². The molecule has 0 radical (unpaired) electrons. The molecule has 0 aliphatic rings. The first-order chi connectivity index (χ1) is 21.9. The number of esters is 2. The first-order valence-electron chi connectivity index (χ1n) is 18.0. The van der Waals surface area contributed by atoms with Crippen molar-refractivity contribution < 1.29 is 29.3 Å². The fraction of sp³-hybridized carbons (Fsp3) is 0.641. The Hall–Kier alpha value is -3.02. The lowest BCUT2D eigenvalue weighted by atomic mass is 10.0. The summed E-state index contributed by atoms with van der Waals surface area (Å²) in [5, 5.41) is 21.0. The summed E-state index contributed by atoms with van der Waals surface area (Å²) in [6.07, 6.45) is 24.2. The zero-order valence-corrected chi connectivity index (χ0v) is 28.3. The summed E-state index contributed by atoms with van der Waals surface area (Å²) in [5.41, 5.74) is 1.52. The molecular formula is C39H60O6. The van der Waals surface area contributed by atoms with Gasteiger partial charge in [0.05, 0.1) is 0 Å². The first kappa shape index (κ1) is 38.2. The predicted molar refractivity (Wildman–Crippen MR) is 183 cm³/mol. The second-order valence-electron chi connectivity index (χ2n) is 12.5. The minimum absolute atomic E-state index is 0.0989. The third kappa shape index (κ3) is 17.9. The number of carbonyl (C=O) groups excluding carboxylic acids is 2. The summed E-state index contributed by atoms with van der Waals surface area (Å²) in [4.78, 5) is 24.4. The minimum Gasteiger partial charge on any atom is -0.508 e. The maximum absolute atomic E-state index is 12.2. The topological polar surface area (TPSA) is 93.1 Å². The minimum atomic E-state index is -0.266. The Morgan fingerprint density at radius 1 is 0.489 bits per heavy atom. The number of benzene rings is 2. The van der Waals surface area contributed by atoms with Crippen molar-refractivity contribution in [1.82, 2.24) is 0 Å². The van der Waals surface area contributed by atoms with Crippen LogP contribution in [0.4, 0.5) is 0 Å². The van der Waals surface area contributed by atoms with Crippen molar-refractivity contribution in [3.63, 3.8) is 0 Å². The second kappa shape index (κ2) is 24.2. The van der Waals surface area contributed by atoms with E-state index in [1.165, 1.54) is 89.2 Å².